The molecular formula is C19H16Cl2N2OS3. The zero-order valence-electron chi connectivity index (χ0n) is 14.9. The fourth-order valence-corrected chi connectivity index (χ4v) is 5.10. The van der Waals surface area contributed by atoms with Crippen molar-refractivity contribution in [1.82, 2.24) is 9.78 Å². The van der Waals surface area contributed by atoms with Gasteiger partial charge in [0.05, 0.1) is 21.5 Å². The summed E-state index contributed by atoms with van der Waals surface area (Å²) in [5.74, 6) is 0.398. The number of benzene rings is 2. The zero-order valence-corrected chi connectivity index (χ0v) is 18.8. The number of carbonyl (C=O) groups is 1. The lowest BCUT2D eigenvalue weighted by Gasteiger charge is -2.08. The molecule has 140 valence electrons. The van der Waals surface area contributed by atoms with Gasteiger partial charge in [-0.1, -0.05) is 52.4 Å². The van der Waals surface area contributed by atoms with Crippen LogP contribution in [0.4, 0.5) is 0 Å². The molecule has 0 saturated carbocycles. The molecule has 2 aromatic carbocycles. The quantitative estimate of drug-likeness (QED) is 0.239. The molecular weight excluding hydrogens is 439 g/mol. The highest BCUT2D eigenvalue weighted by molar-refractivity contribution is 8.01. The second kappa shape index (κ2) is 8.45. The van der Waals surface area contributed by atoms with Gasteiger partial charge in [0.2, 0.25) is 0 Å². The summed E-state index contributed by atoms with van der Waals surface area (Å²) in [7, 11) is 0. The van der Waals surface area contributed by atoms with E-state index in [4.69, 9.17) is 35.4 Å². The molecule has 0 spiro atoms. The van der Waals surface area contributed by atoms with Gasteiger partial charge in [-0.15, -0.1) is 5.10 Å². The molecule has 0 aliphatic rings. The Morgan fingerprint density at radius 2 is 1.81 bits per heavy atom. The first-order valence-corrected chi connectivity index (χ1v) is 11.0. The summed E-state index contributed by atoms with van der Waals surface area (Å²) in [6.45, 7) is 6.03. The molecule has 0 unspecified atom stereocenters. The van der Waals surface area contributed by atoms with Gasteiger partial charge in [-0.25, -0.2) is 4.68 Å². The molecule has 3 aromatic rings. The Bertz CT molecular complexity index is 1090. The van der Waals surface area contributed by atoms with Crippen LogP contribution in [0.1, 0.15) is 27.0 Å². The van der Waals surface area contributed by atoms with Crippen LogP contribution in [0.25, 0.3) is 5.69 Å². The van der Waals surface area contributed by atoms with Crippen LogP contribution in [0.3, 0.4) is 0 Å². The third-order valence-electron chi connectivity index (χ3n) is 4.14. The van der Waals surface area contributed by atoms with Crippen molar-refractivity contribution in [3.05, 3.63) is 66.6 Å². The zero-order chi connectivity index (χ0) is 19.7. The van der Waals surface area contributed by atoms with Crippen molar-refractivity contribution in [1.29, 1.82) is 0 Å². The molecule has 0 radical (unpaired) electrons. The van der Waals surface area contributed by atoms with Gasteiger partial charge in [-0.3, -0.25) is 4.79 Å². The normalized spacial score (nSPS) is 11.0. The van der Waals surface area contributed by atoms with E-state index in [1.54, 1.807) is 16.8 Å². The summed E-state index contributed by atoms with van der Waals surface area (Å²) in [6.07, 6.45) is 0. The van der Waals surface area contributed by atoms with Crippen LogP contribution in [0, 0.1) is 24.7 Å². The van der Waals surface area contributed by atoms with Crippen molar-refractivity contribution in [2.24, 2.45) is 0 Å². The van der Waals surface area contributed by atoms with Gasteiger partial charge < -0.3 is 0 Å². The number of aryl methyl sites for hydroxylation is 3. The lowest BCUT2D eigenvalue weighted by atomic mass is 9.99. The van der Waals surface area contributed by atoms with Gasteiger partial charge in [-0.2, -0.15) is 0 Å². The highest BCUT2D eigenvalue weighted by atomic mass is 35.5. The third kappa shape index (κ3) is 4.63. The molecule has 0 saturated heterocycles. The molecule has 8 heteroatoms. The van der Waals surface area contributed by atoms with Crippen LogP contribution in [0.2, 0.25) is 10.0 Å². The number of Topliss-reactive ketones (excluding diaryl/α,β-unsaturated/α-hetero) is 1. The summed E-state index contributed by atoms with van der Waals surface area (Å²) < 4.78 is 2.96. The number of nitrogens with zero attached hydrogens (tertiary/aromatic N) is 2. The predicted octanol–water partition coefficient (Wildman–Crippen LogP) is 6.87. The molecule has 27 heavy (non-hydrogen) atoms. The van der Waals surface area contributed by atoms with Crippen molar-refractivity contribution < 1.29 is 4.79 Å². The maximum absolute atomic E-state index is 12.6. The number of thioether (sulfide) groups is 1. The van der Waals surface area contributed by atoms with Crippen LogP contribution in [0.15, 0.2) is 34.7 Å². The molecule has 0 fully saturated rings. The fourth-order valence-electron chi connectivity index (χ4n) is 2.57. The number of halogens is 2. The molecule has 0 amide bonds. The molecule has 0 aliphatic carbocycles. The van der Waals surface area contributed by atoms with E-state index in [2.05, 4.69) is 11.2 Å². The third-order valence-corrected chi connectivity index (χ3v) is 7.25. The van der Waals surface area contributed by atoms with Crippen molar-refractivity contribution >= 4 is 64.3 Å². The topological polar surface area (TPSA) is 34.9 Å². The Morgan fingerprint density at radius 1 is 1.11 bits per heavy atom. The maximum atomic E-state index is 12.6. The monoisotopic (exact) mass is 454 g/mol. The van der Waals surface area contributed by atoms with Crippen molar-refractivity contribution in [2.75, 3.05) is 5.75 Å². The number of rotatable bonds is 5. The number of aromatic nitrogens is 2. The Kier molecular flexibility index (Phi) is 6.43. The van der Waals surface area contributed by atoms with E-state index in [9.17, 15) is 4.79 Å². The van der Waals surface area contributed by atoms with Gasteiger partial charge in [0, 0.05) is 5.56 Å². The molecule has 0 atom stereocenters. The molecule has 3 rings (SSSR count). The van der Waals surface area contributed by atoms with E-state index >= 15 is 0 Å². The summed E-state index contributed by atoms with van der Waals surface area (Å²) in [5.41, 5.74) is 4.81. The Hall–Kier alpha value is -1.18. The minimum Gasteiger partial charge on any atom is -0.293 e. The van der Waals surface area contributed by atoms with E-state index in [0.717, 1.165) is 26.7 Å². The van der Waals surface area contributed by atoms with Gasteiger partial charge in [0.25, 0.3) is 0 Å². The Morgan fingerprint density at radius 3 is 2.52 bits per heavy atom. The van der Waals surface area contributed by atoms with E-state index in [1.807, 2.05) is 32.9 Å². The van der Waals surface area contributed by atoms with Gasteiger partial charge in [0.1, 0.15) is 0 Å². The molecule has 0 N–H and O–H groups in total. The molecule has 0 aliphatic heterocycles. The average molecular weight is 455 g/mol. The highest BCUT2D eigenvalue weighted by Crippen LogP contribution is 2.28. The first-order chi connectivity index (χ1) is 12.8. The Balaban J connectivity index is 1.78. The lowest BCUT2D eigenvalue weighted by Crippen LogP contribution is -2.06. The summed E-state index contributed by atoms with van der Waals surface area (Å²) in [6, 6.07) is 9.25. The minimum absolute atomic E-state index is 0.0859. The smallest absolute Gasteiger partial charge is 0.184 e. The summed E-state index contributed by atoms with van der Waals surface area (Å²) >= 11 is 20.2. The second-order valence-electron chi connectivity index (χ2n) is 6.11. The van der Waals surface area contributed by atoms with Crippen LogP contribution in [-0.4, -0.2) is 21.3 Å². The molecule has 3 nitrogen and oxygen atoms in total. The van der Waals surface area contributed by atoms with E-state index < -0.39 is 0 Å². The van der Waals surface area contributed by atoms with E-state index in [-0.39, 0.29) is 5.78 Å². The standard InChI is InChI=1S/C19H16Cl2N2OS3/c1-10-6-12(3)14(7-11(10)2)17(24)9-26-18-22-23(19(25)27-18)13-4-5-15(20)16(21)8-13/h4-8H,9H2,1-3H3. The van der Waals surface area contributed by atoms with Crippen LogP contribution >= 0.6 is 58.5 Å². The highest BCUT2D eigenvalue weighted by Gasteiger charge is 2.14. The summed E-state index contributed by atoms with van der Waals surface area (Å²) in [5, 5.41) is 5.43. The fraction of sp³-hybridized carbons (Fsp3) is 0.211. The first-order valence-electron chi connectivity index (χ1n) is 8.05. The molecule has 0 bridgehead atoms. The number of ketones is 1. The summed E-state index contributed by atoms with van der Waals surface area (Å²) in [4.78, 5) is 12.6. The van der Waals surface area contributed by atoms with Crippen LogP contribution < -0.4 is 0 Å². The SMILES string of the molecule is Cc1cc(C)c(C(=O)CSc2nn(-c3ccc(Cl)c(Cl)c3)c(=S)s2)cc1C. The number of hydrogen-bond donors (Lipinski definition) is 0. The van der Waals surface area contributed by atoms with Crippen molar-refractivity contribution in [3.8, 4) is 5.69 Å². The van der Waals surface area contributed by atoms with Crippen LogP contribution in [-0.2, 0) is 0 Å². The van der Waals surface area contributed by atoms with Gasteiger partial charge in [0.15, 0.2) is 14.1 Å². The van der Waals surface area contributed by atoms with Crippen LogP contribution in [0.5, 0.6) is 0 Å². The molecule has 1 heterocycles. The van der Waals surface area contributed by atoms with E-state index in [0.29, 0.717) is 19.8 Å². The lowest BCUT2D eigenvalue weighted by molar-refractivity contribution is 0.102. The van der Waals surface area contributed by atoms with Crippen molar-refractivity contribution in [3.63, 3.8) is 0 Å². The average Bonchev–Trinajstić information content (AvgIpc) is 2.99. The molecule has 1 aromatic heterocycles. The minimum atomic E-state index is 0.0859. The maximum Gasteiger partial charge on any atom is 0.184 e. The predicted molar refractivity (Wildman–Crippen MR) is 118 cm³/mol. The second-order valence-corrected chi connectivity index (χ2v) is 9.77. The van der Waals surface area contributed by atoms with E-state index in [1.165, 1.54) is 28.7 Å². The number of carbonyl (C=O) groups excluding carboxylic acids is 1. The Labute approximate surface area is 181 Å². The van der Waals surface area contributed by atoms with Gasteiger partial charge in [-0.05, 0) is 73.9 Å². The largest absolute Gasteiger partial charge is 0.293 e. The van der Waals surface area contributed by atoms with Crippen molar-refractivity contribution in [2.45, 2.75) is 25.1 Å². The first kappa shape index (κ1) is 20.6. The number of hydrogen-bond acceptors (Lipinski definition) is 5. The van der Waals surface area contributed by atoms with Gasteiger partial charge >= 0.3 is 0 Å².